The molecule has 0 radical (unpaired) electrons. The summed E-state index contributed by atoms with van der Waals surface area (Å²) in [5.41, 5.74) is 0.859. The van der Waals surface area contributed by atoms with Crippen LogP contribution in [0.3, 0.4) is 0 Å². The van der Waals surface area contributed by atoms with Gasteiger partial charge in [-0.15, -0.1) is 0 Å². The number of nitrogens with zero attached hydrogens (tertiary/aromatic N) is 1. The Morgan fingerprint density at radius 2 is 1.65 bits per heavy atom. The maximum Gasteiger partial charge on any atom is 0.209 e. The molecule has 2 aromatic rings. The molecule has 3 heteroatoms. The Hall–Kier alpha value is -1.79. The van der Waals surface area contributed by atoms with Gasteiger partial charge in [0.05, 0.1) is 0 Å². The van der Waals surface area contributed by atoms with Crippen LogP contribution in [0.15, 0.2) is 59.1 Å². The van der Waals surface area contributed by atoms with Gasteiger partial charge in [-0.3, -0.25) is 0 Å². The van der Waals surface area contributed by atoms with Crippen molar-refractivity contribution in [2.75, 3.05) is 0 Å². The van der Waals surface area contributed by atoms with Crippen molar-refractivity contribution in [1.29, 1.82) is 5.26 Å². The van der Waals surface area contributed by atoms with Gasteiger partial charge in [-0.2, -0.15) is 5.26 Å². The van der Waals surface area contributed by atoms with E-state index in [0.717, 1.165) is 10.0 Å². The van der Waals surface area contributed by atoms with E-state index in [4.69, 9.17) is 10.00 Å². The zero-order valence-corrected chi connectivity index (χ0v) is 10.6. The van der Waals surface area contributed by atoms with Crippen molar-refractivity contribution >= 4 is 15.9 Å². The molecule has 2 nitrogen and oxygen atoms in total. The molecule has 17 heavy (non-hydrogen) atoms. The van der Waals surface area contributed by atoms with Gasteiger partial charge >= 0.3 is 0 Å². The van der Waals surface area contributed by atoms with Gasteiger partial charge in [-0.05, 0) is 24.3 Å². The van der Waals surface area contributed by atoms with Crippen molar-refractivity contribution in [1.82, 2.24) is 0 Å². The maximum absolute atomic E-state index is 9.11. The summed E-state index contributed by atoms with van der Waals surface area (Å²) >= 11 is 3.35. The minimum atomic E-state index is -0.572. The number of hydrogen-bond donors (Lipinski definition) is 0. The highest BCUT2D eigenvalue weighted by Crippen LogP contribution is 2.23. The molecule has 1 unspecified atom stereocenters. The molecule has 0 bridgehead atoms. The molecule has 2 rings (SSSR count). The molecular formula is C14H10BrNO. The molecule has 0 aliphatic heterocycles. The van der Waals surface area contributed by atoms with Crippen molar-refractivity contribution in [3.63, 3.8) is 0 Å². The fraction of sp³-hybridized carbons (Fsp3) is 0.0714. The van der Waals surface area contributed by atoms with Crippen LogP contribution >= 0.6 is 15.9 Å². The third-order valence-corrected chi connectivity index (χ3v) is 2.82. The summed E-state index contributed by atoms with van der Waals surface area (Å²) in [6.45, 7) is 0. The summed E-state index contributed by atoms with van der Waals surface area (Å²) in [7, 11) is 0. The largest absolute Gasteiger partial charge is 0.471 e. The Morgan fingerprint density at radius 3 is 2.24 bits per heavy atom. The lowest BCUT2D eigenvalue weighted by molar-refractivity contribution is 0.262. The van der Waals surface area contributed by atoms with Crippen molar-refractivity contribution in [3.8, 4) is 11.8 Å². The molecule has 0 saturated heterocycles. The highest BCUT2D eigenvalue weighted by molar-refractivity contribution is 9.10. The second-order valence-electron chi connectivity index (χ2n) is 3.49. The van der Waals surface area contributed by atoms with E-state index in [9.17, 15) is 0 Å². The summed E-state index contributed by atoms with van der Waals surface area (Å²) in [6.07, 6.45) is -0.572. The summed E-state index contributed by atoms with van der Waals surface area (Å²) in [5, 5.41) is 9.11. The third-order valence-electron chi connectivity index (χ3n) is 2.29. The molecule has 1 atom stereocenters. The zero-order valence-electron chi connectivity index (χ0n) is 9.01. The first-order valence-electron chi connectivity index (χ1n) is 5.16. The van der Waals surface area contributed by atoms with Gasteiger partial charge in [-0.25, -0.2) is 0 Å². The topological polar surface area (TPSA) is 33.0 Å². The standard InChI is InChI=1S/C14H10BrNO/c15-12-6-8-13(9-7-12)17-14(10-16)11-4-2-1-3-5-11/h1-9,14H. The molecule has 0 amide bonds. The monoisotopic (exact) mass is 287 g/mol. The Balaban J connectivity index is 2.17. The van der Waals surface area contributed by atoms with Crippen molar-refractivity contribution in [3.05, 3.63) is 64.6 Å². The van der Waals surface area contributed by atoms with E-state index < -0.39 is 6.10 Å². The number of rotatable bonds is 3. The van der Waals surface area contributed by atoms with E-state index in [-0.39, 0.29) is 0 Å². The molecule has 0 fully saturated rings. The van der Waals surface area contributed by atoms with E-state index >= 15 is 0 Å². The predicted molar refractivity (Wildman–Crippen MR) is 69.6 cm³/mol. The third kappa shape index (κ3) is 3.08. The van der Waals surface area contributed by atoms with E-state index in [1.165, 1.54) is 0 Å². The fourth-order valence-corrected chi connectivity index (χ4v) is 1.71. The van der Waals surface area contributed by atoms with Crippen LogP contribution in [0.4, 0.5) is 0 Å². The number of benzene rings is 2. The summed E-state index contributed by atoms with van der Waals surface area (Å²) in [5.74, 6) is 0.684. The van der Waals surface area contributed by atoms with Gasteiger partial charge in [0.1, 0.15) is 11.8 Å². The van der Waals surface area contributed by atoms with Crippen LogP contribution in [0.2, 0.25) is 0 Å². The number of nitriles is 1. The molecule has 0 heterocycles. The van der Waals surface area contributed by atoms with E-state index in [0.29, 0.717) is 5.75 Å². The minimum absolute atomic E-state index is 0.572. The molecule has 0 aliphatic rings. The van der Waals surface area contributed by atoms with Crippen molar-refractivity contribution in [2.45, 2.75) is 6.10 Å². The first-order valence-corrected chi connectivity index (χ1v) is 5.95. The van der Waals surface area contributed by atoms with Crippen LogP contribution in [-0.4, -0.2) is 0 Å². The predicted octanol–water partition coefficient (Wildman–Crippen LogP) is 4.09. The highest BCUT2D eigenvalue weighted by atomic mass is 79.9. The lowest BCUT2D eigenvalue weighted by Gasteiger charge is -2.12. The molecule has 0 aromatic heterocycles. The van der Waals surface area contributed by atoms with E-state index in [1.54, 1.807) is 0 Å². The van der Waals surface area contributed by atoms with Crippen LogP contribution in [0.25, 0.3) is 0 Å². The first kappa shape index (κ1) is 11.7. The SMILES string of the molecule is N#CC(Oc1ccc(Br)cc1)c1ccccc1. The first-order chi connectivity index (χ1) is 8.29. The van der Waals surface area contributed by atoms with E-state index in [1.807, 2.05) is 54.6 Å². The molecule has 0 aliphatic carbocycles. The van der Waals surface area contributed by atoms with Crippen LogP contribution < -0.4 is 4.74 Å². The fourth-order valence-electron chi connectivity index (χ4n) is 1.45. The molecule has 84 valence electrons. The highest BCUT2D eigenvalue weighted by Gasteiger charge is 2.11. The molecular weight excluding hydrogens is 278 g/mol. The van der Waals surface area contributed by atoms with Gasteiger partial charge in [-0.1, -0.05) is 46.3 Å². The lowest BCUT2D eigenvalue weighted by atomic mass is 10.1. The second kappa shape index (κ2) is 5.51. The van der Waals surface area contributed by atoms with Crippen LogP contribution in [-0.2, 0) is 0 Å². The van der Waals surface area contributed by atoms with Crippen LogP contribution in [0, 0.1) is 11.3 Å². The normalized spacial score (nSPS) is 11.5. The smallest absolute Gasteiger partial charge is 0.209 e. The Labute approximate surface area is 109 Å². The average molecular weight is 288 g/mol. The molecule has 0 N–H and O–H groups in total. The molecule has 0 spiro atoms. The molecule has 0 saturated carbocycles. The van der Waals surface area contributed by atoms with Crippen LogP contribution in [0.5, 0.6) is 5.75 Å². The Morgan fingerprint density at radius 1 is 1.00 bits per heavy atom. The summed E-state index contributed by atoms with van der Waals surface area (Å²) < 4.78 is 6.61. The number of halogens is 1. The Kier molecular flexibility index (Phi) is 3.79. The minimum Gasteiger partial charge on any atom is -0.471 e. The van der Waals surface area contributed by atoms with Crippen molar-refractivity contribution < 1.29 is 4.74 Å². The zero-order chi connectivity index (χ0) is 12.1. The number of ether oxygens (including phenoxy) is 1. The summed E-state index contributed by atoms with van der Waals surface area (Å²) in [6, 6.07) is 19.0. The van der Waals surface area contributed by atoms with Gasteiger partial charge in [0, 0.05) is 10.0 Å². The lowest BCUT2D eigenvalue weighted by Crippen LogP contribution is -2.04. The van der Waals surface area contributed by atoms with Crippen molar-refractivity contribution in [2.24, 2.45) is 0 Å². The second-order valence-corrected chi connectivity index (χ2v) is 4.41. The van der Waals surface area contributed by atoms with Gasteiger partial charge < -0.3 is 4.74 Å². The van der Waals surface area contributed by atoms with Gasteiger partial charge in [0.15, 0.2) is 0 Å². The van der Waals surface area contributed by atoms with Crippen LogP contribution in [0.1, 0.15) is 11.7 Å². The number of hydrogen-bond acceptors (Lipinski definition) is 2. The maximum atomic E-state index is 9.11. The Bertz CT molecular complexity index is 516. The quantitative estimate of drug-likeness (QED) is 0.852. The molecule has 2 aromatic carbocycles. The van der Waals surface area contributed by atoms with E-state index in [2.05, 4.69) is 22.0 Å². The van der Waals surface area contributed by atoms with Gasteiger partial charge in [0.2, 0.25) is 6.10 Å². The van der Waals surface area contributed by atoms with Gasteiger partial charge in [0.25, 0.3) is 0 Å². The summed E-state index contributed by atoms with van der Waals surface area (Å²) in [4.78, 5) is 0. The average Bonchev–Trinajstić information content (AvgIpc) is 2.39.